The molecule has 0 aliphatic rings. The fourth-order valence-electron chi connectivity index (χ4n) is 2.64. The summed E-state index contributed by atoms with van der Waals surface area (Å²) in [5, 5.41) is 10.7. The SMILES string of the molecule is CC(C)Cn1c([C@H](O)c2ccccc2)nc2ccccc21. The van der Waals surface area contributed by atoms with Crippen molar-refractivity contribution in [2.24, 2.45) is 5.92 Å². The Labute approximate surface area is 124 Å². The lowest BCUT2D eigenvalue weighted by atomic mass is 10.1. The van der Waals surface area contributed by atoms with E-state index in [2.05, 4.69) is 29.5 Å². The van der Waals surface area contributed by atoms with Crippen LogP contribution in [0.2, 0.25) is 0 Å². The minimum atomic E-state index is -0.697. The lowest BCUT2D eigenvalue weighted by Gasteiger charge is -2.16. The second kappa shape index (κ2) is 5.70. The number of fused-ring (bicyclic) bond motifs is 1. The maximum atomic E-state index is 10.7. The molecule has 3 aromatic rings. The molecule has 1 atom stereocenters. The Hall–Kier alpha value is -2.13. The Morgan fingerprint density at radius 1 is 1.00 bits per heavy atom. The topological polar surface area (TPSA) is 38.0 Å². The van der Waals surface area contributed by atoms with Crippen molar-refractivity contribution >= 4 is 11.0 Å². The zero-order valence-corrected chi connectivity index (χ0v) is 12.4. The van der Waals surface area contributed by atoms with E-state index in [1.54, 1.807) is 0 Å². The number of nitrogens with zero attached hydrogens (tertiary/aromatic N) is 2. The first-order valence-electron chi connectivity index (χ1n) is 7.35. The molecule has 0 saturated heterocycles. The van der Waals surface area contributed by atoms with Crippen LogP contribution in [0.5, 0.6) is 0 Å². The van der Waals surface area contributed by atoms with Gasteiger partial charge >= 0.3 is 0 Å². The normalized spacial score (nSPS) is 13.0. The van der Waals surface area contributed by atoms with E-state index in [-0.39, 0.29) is 0 Å². The third-order valence-corrected chi connectivity index (χ3v) is 3.59. The Kier molecular flexibility index (Phi) is 3.76. The average molecular weight is 280 g/mol. The molecular weight excluding hydrogens is 260 g/mol. The van der Waals surface area contributed by atoms with Gasteiger partial charge in [-0.05, 0) is 23.6 Å². The van der Waals surface area contributed by atoms with Gasteiger partial charge in [-0.25, -0.2) is 4.98 Å². The number of rotatable bonds is 4. The predicted octanol–water partition coefficient (Wildman–Crippen LogP) is 3.77. The number of benzene rings is 2. The van der Waals surface area contributed by atoms with Crippen LogP contribution in [0.3, 0.4) is 0 Å². The van der Waals surface area contributed by atoms with Crippen molar-refractivity contribution in [1.29, 1.82) is 0 Å². The van der Waals surface area contributed by atoms with E-state index in [9.17, 15) is 5.11 Å². The largest absolute Gasteiger partial charge is 0.380 e. The highest BCUT2D eigenvalue weighted by atomic mass is 16.3. The number of aliphatic hydroxyl groups is 1. The van der Waals surface area contributed by atoms with Gasteiger partial charge in [-0.3, -0.25) is 0 Å². The van der Waals surface area contributed by atoms with E-state index in [0.29, 0.717) is 5.92 Å². The minimum Gasteiger partial charge on any atom is -0.380 e. The Balaban J connectivity index is 2.12. The summed E-state index contributed by atoms with van der Waals surface area (Å²) in [6, 6.07) is 17.7. The molecule has 108 valence electrons. The van der Waals surface area contributed by atoms with Crippen molar-refractivity contribution in [3.05, 3.63) is 66.0 Å². The standard InChI is InChI=1S/C18H20N2O/c1-13(2)12-20-16-11-7-6-10-15(16)19-18(20)17(21)14-8-4-3-5-9-14/h3-11,13,17,21H,12H2,1-2H3/t17-/m1/s1. The summed E-state index contributed by atoms with van der Waals surface area (Å²) in [5.41, 5.74) is 2.89. The van der Waals surface area contributed by atoms with Gasteiger partial charge in [0.15, 0.2) is 0 Å². The molecule has 0 amide bonds. The van der Waals surface area contributed by atoms with Gasteiger partial charge in [0.25, 0.3) is 0 Å². The van der Waals surface area contributed by atoms with Crippen LogP contribution in [-0.2, 0) is 6.54 Å². The lowest BCUT2D eigenvalue weighted by molar-refractivity contribution is 0.203. The minimum absolute atomic E-state index is 0.490. The Bertz CT molecular complexity index is 731. The van der Waals surface area contributed by atoms with E-state index in [1.165, 1.54) is 0 Å². The second-order valence-electron chi connectivity index (χ2n) is 5.78. The van der Waals surface area contributed by atoms with Crippen LogP contribution < -0.4 is 0 Å². The predicted molar refractivity (Wildman–Crippen MR) is 85.1 cm³/mol. The van der Waals surface area contributed by atoms with Crippen LogP contribution in [0.1, 0.15) is 31.3 Å². The van der Waals surface area contributed by atoms with Crippen LogP contribution in [-0.4, -0.2) is 14.7 Å². The van der Waals surface area contributed by atoms with Crippen LogP contribution in [0.4, 0.5) is 0 Å². The number of hydrogen-bond acceptors (Lipinski definition) is 2. The van der Waals surface area contributed by atoms with Gasteiger partial charge < -0.3 is 9.67 Å². The third-order valence-electron chi connectivity index (χ3n) is 3.59. The number of para-hydroxylation sites is 2. The van der Waals surface area contributed by atoms with Crippen molar-refractivity contribution in [2.45, 2.75) is 26.5 Å². The smallest absolute Gasteiger partial charge is 0.143 e. The van der Waals surface area contributed by atoms with Gasteiger partial charge in [-0.1, -0.05) is 56.3 Å². The molecule has 0 aliphatic carbocycles. The van der Waals surface area contributed by atoms with Crippen LogP contribution >= 0.6 is 0 Å². The Morgan fingerprint density at radius 3 is 2.38 bits per heavy atom. The molecule has 2 aromatic carbocycles. The molecule has 3 heteroatoms. The molecule has 0 unspecified atom stereocenters. The highest BCUT2D eigenvalue weighted by molar-refractivity contribution is 5.76. The van der Waals surface area contributed by atoms with Crippen molar-refractivity contribution in [1.82, 2.24) is 9.55 Å². The molecule has 1 aromatic heterocycles. The molecule has 0 aliphatic heterocycles. The molecule has 1 heterocycles. The van der Waals surface area contributed by atoms with Gasteiger partial charge in [-0.15, -0.1) is 0 Å². The van der Waals surface area contributed by atoms with Crippen molar-refractivity contribution in [3.8, 4) is 0 Å². The molecule has 0 fully saturated rings. The fourth-order valence-corrected chi connectivity index (χ4v) is 2.64. The average Bonchev–Trinajstić information content (AvgIpc) is 2.86. The second-order valence-corrected chi connectivity index (χ2v) is 5.78. The van der Waals surface area contributed by atoms with E-state index >= 15 is 0 Å². The van der Waals surface area contributed by atoms with E-state index in [4.69, 9.17) is 0 Å². The summed E-state index contributed by atoms with van der Waals surface area (Å²) in [4.78, 5) is 4.65. The van der Waals surface area contributed by atoms with Gasteiger partial charge in [-0.2, -0.15) is 0 Å². The maximum absolute atomic E-state index is 10.7. The van der Waals surface area contributed by atoms with Gasteiger partial charge in [0.1, 0.15) is 11.9 Å². The van der Waals surface area contributed by atoms with Crippen molar-refractivity contribution in [2.75, 3.05) is 0 Å². The third kappa shape index (κ3) is 2.69. The number of hydrogen-bond donors (Lipinski definition) is 1. The van der Waals surface area contributed by atoms with Crippen molar-refractivity contribution in [3.63, 3.8) is 0 Å². The molecular formula is C18H20N2O. The molecule has 3 nitrogen and oxygen atoms in total. The first-order valence-corrected chi connectivity index (χ1v) is 7.35. The van der Waals surface area contributed by atoms with E-state index < -0.39 is 6.10 Å². The van der Waals surface area contributed by atoms with Crippen LogP contribution in [0, 0.1) is 5.92 Å². The number of aliphatic hydroxyl groups excluding tert-OH is 1. The number of imidazole rings is 1. The van der Waals surface area contributed by atoms with Crippen molar-refractivity contribution < 1.29 is 5.11 Å². The van der Waals surface area contributed by atoms with Gasteiger partial charge in [0, 0.05) is 6.54 Å². The summed E-state index contributed by atoms with van der Waals surface area (Å²) in [5.74, 6) is 1.21. The zero-order valence-electron chi connectivity index (χ0n) is 12.4. The van der Waals surface area contributed by atoms with Crippen LogP contribution in [0.15, 0.2) is 54.6 Å². The summed E-state index contributed by atoms with van der Waals surface area (Å²) >= 11 is 0. The molecule has 1 N–H and O–H groups in total. The first kappa shape index (κ1) is 13.8. The molecule has 3 rings (SSSR count). The quantitative estimate of drug-likeness (QED) is 0.790. The highest BCUT2D eigenvalue weighted by Crippen LogP contribution is 2.26. The van der Waals surface area contributed by atoms with Gasteiger partial charge in [0.2, 0.25) is 0 Å². The van der Waals surface area contributed by atoms with E-state index in [1.807, 2.05) is 48.5 Å². The summed E-state index contributed by atoms with van der Waals surface area (Å²) in [6.07, 6.45) is -0.697. The summed E-state index contributed by atoms with van der Waals surface area (Å²) in [7, 11) is 0. The van der Waals surface area contributed by atoms with E-state index in [0.717, 1.165) is 29.0 Å². The molecule has 0 bridgehead atoms. The summed E-state index contributed by atoms with van der Waals surface area (Å²) in [6.45, 7) is 5.20. The van der Waals surface area contributed by atoms with Gasteiger partial charge in [0.05, 0.1) is 11.0 Å². The molecule has 0 spiro atoms. The Morgan fingerprint density at radius 2 is 1.67 bits per heavy atom. The lowest BCUT2D eigenvalue weighted by Crippen LogP contribution is -2.13. The molecule has 21 heavy (non-hydrogen) atoms. The van der Waals surface area contributed by atoms with Crippen LogP contribution in [0.25, 0.3) is 11.0 Å². The first-order chi connectivity index (χ1) is 10.2. The maximum Gasteiger partial charge on any atom is 0.143 e. The monoisotopic (exact) mass is 280 g/mol. The fraction of sp³-hybridized carbons (Fsp3) is 0.278. The number of aromatic nitrogens is 2. The summed E-state index contributed by atoms with van der Waals surface area (Å²) < 4.78 is 2.14. The molecule has 0 saturated carbocycles. The highest BCUT2D eigenvalue weighted by Gasteiger charge is 2.19. The molecule has 0 radical (unpaired) electrons. The zero-order chi connectivity index (χ0) is 14.8.